The van der Waals surface area contributed by atoms with E-state index in [1.807, 2.05) is 0 Å². The molecular weight excluding hydrogens is 131 g/mol. The van der Waals surface area contributed by atoms with E-state index in [2.05, 4.69) is 6.58 Å². The molecule has 0 aliphatic heterocycles. The molecular formula is C8H13FO. The van der Waals surface area contributed by atoms with Crippen molar-refractivity contribution in [1.82, 2.24) is 0 Å². The summed E-state index contributed by atoms with van der Waals surface area (Å²) in [5.41, 5.74) is -0.339. The van der Waals surface area contributed by atoms with Gasteiger partial charge in [-0.2, -0.15) is 0 Å². The monoisotopic (exact) mass is 144 g/mol. The van der Waals surface area contributed by atoms with Gasteiger partial charge in [0, 0.05) is 12.0 Å². The SMILES string of the molecule is C=C(F)C1(CCO)CCC1. The molecule has 0 saturated heterocycles. The largest absolute Gasteiger partial charge is 0.396 e. The van der Waals surface area contributed by atoms with Crippen molar-refractivity contribution >= 4 is 0 Å². The maximum Gasteiger partial charge on any atom is 0.0990 e. The maximum atomic E-state index is 12.7. The molecule has 0 aromatic rings. The molecule has 0 atom stereocenters. The summed E-state index contributed by atoms with van der Waals surface area (Å²) in [5.74, 6) is -0.243. The summed E-state index contributed by atoms with van der Waals surface area (Å²) in [7, 11) is 0. The molecule has 0 unspecified atom stereocenters. The molecule has 1 fully saturated rings. The molecule has 1 rings (SSSR count). The summed E-state index contributed by atoms with van der Waals surface area (Å²) in [6.45, 7) is 3.36. The first-order chi connectivity index (χ1) is 4.71. The summed E-state index contributed by atoms with van der Waals surface area (Å²) in [6, 6.07) is 0. The third kappa shape index (κ3) is 1.08. The average molecular weight is 144 g/mol. The van der Waals surface area contributed by atoms with Gasteiger partial charge >= 0.3 is 0 Å². The highest BCUT2D eigenvalue weighted by Gasteiger charge is 2.39. The predicted molar refractivity (Wildman–Crippen MR) is 38.2 cm³/mol. The lowest BCUT2D eigenvalue weighted by atomic mass is 9.66. The molecule has 1 nitrogen and oxygen atoms in total. The van der Waals surface area contributed by atoms with Crippen molar-refractivity contribution in [2.45, 2.75) is 25.7 Å². The third-order valence-corrected chi connectivity index (χ3v) is 2.48. The van der Waals surface area contributed by atoms with Crippen LogP contribution in [0.25, 0.3) is 0 Å². The van der Waals surface area contributed by atoms with Crippen molar-refractivity contribution < 1.29 is 9.50 Å². The van der Waals surface area contributed by atoms with Crippen LogP contribution < -0.4 is 0 Å². The third-order valence-electron chi connectivity index (χ3n) is 2.48. The molecule has 1 saturated carbocycles. The van der Waals surface area contributed by atoms with Crippen LogP contribution in [-0.2, 0) is 0 Å². The first-order valence-corrected chi connectivity index (χ1v) is 3.67. The first-order valence-electron chi connectivity index (χ1n) is 3.67. The Labute approximate surface area is 60.6 Å². The van der Waals surface area contributed by atoms with E-state index >= 15 is 0 Å². The number of hydrogen-bond acceptors (Lipinski definition) is 1. The Hall–Kier alpha value is -0.370. The lowest BCUT2D eigenvalue weighted by Crippen LogP contribution is -2.30. The molecule has 0 bridgehead atoms. The minimum atomic E-state index is -0.339. The van der Waals surface area contributed by atoms with E-state index < -0.39 is 0 Å². The second kappa shape index (κ2) is 2.70. The van der Waals surface area contributed by atoms with Crippen LogP contribution in [0.5, 0.6) is 0 Å². The Kier molecular flexibility index (Phi) is 2.09. The second-order valence-electron chi connectivity index (χ2n) is 3.01. The van der Waals surface area contributed by atoms with E-state index in [1.54, 1.807) is 0 Å². The fourth-order valence-corrected chi connectivity index (χ4v) is 1.47. The quantitative estimate of drug-likeness (QED) is 0.642. The molecule has 2 heteroatoms. The highest BCUT2D eigenvalue weighted by Crippen LogP contribution is 2.49. The van der Waals surface area contributed by atoms with Crippen LogP contribution in [0.3, 0.4) is 0 Å². The van der Waals surface area contributed by atoms with E-state index in [0.29, 0.717) is 6.42 Å². The van der Waals surface area contributed by atoms with Crippen LogP contribution in [0.2, 0.25) is 0 Å². The second-order valence-corrected chi connectivity index (χ2v) is 3.01. The molecule has 0 radical (unpaired) electrons. The molecule has 0 aromatic carbocycles. The summed E-state index contributed by atoms with van der Waals surface area (Å²) in [4.78, 5) is 0. The number of aliphatic hydroxyl groups is 1. The minimum absolute atomic E-state index is 0.0724. The van der Waals surface area contributed by atoms with Crippen molar-refractivity contribution in [3.05, 3.63) is 12.4 Å². The molecule has 1 aliphatic carbocycles. The zero-order valence-electron chi connectivity index (χ0n) is 6.07. The van der Waals surface area contributed by atoms with Crippen LogP contribution in [0.4, 0.5) is 4.39 Å². The predicted octanol–water partition coefficient (Wildman–Crippen LogP) is 2.02. The van der Waals surface area contributed by atoms with Crippen molar-refractivity contribution in [1.29, 1.82) is 0 Å². The topological polar surface area (TPSA) is 20.2 Å². The van der Waals surface area contributed by atoms with Gasteiger partial charge < -0.3 is 5.11 Å². The minimum Gasteiger partial charge on any atom is -0.396 e. The van der Waals surface area contributed by atoms with E-state index in [1.165, 1.54) is 0 Å². The molecule has 0 aromatic heterocycles. The van der Waals surface area contributed by atoms with E-state index in [-0.39, 0.29) is 17.8 Å². The number of hydrogen-bond donors (Lipinski definition) is 1. The lowest BCUT2D eigenvalue weighted by Gasteiger charge is -2.39. The molecule has 0 heterocycles. The molecule has 58 valence electrons. The number of allylic oxidation sites excluding steroid dienone is 1. The Morgan fingerprint density at radius 3 is 2.30 bits per heavy atom. The van der Waals surface area contributed by atoms with E-state index in [4.69, 9.17) is 5.11 Å². The van der Waals surface area contributed by atoms with Crippen molar-refractivity contribution in [2.24, 2.45) is 5.41 Å². The number of halogens is 1. The first kappa shape index (κ1) is 7.73. The Morgan fingerprint density at radius 1 is 1.60 bits per heavy atom. The van der Waals surface area contributed by atoms with Crippen molar-refractivity contribution in [2.75, 3.05) is 6.61 Å². The lowest BCUT2D eigenvalue weighted by molar-refractivity contribution is 0.102. The van der Waals surface area contributed by atoms with Gasteiger partial charge in [0.05, 0.1) is 5.83 Å². The molecule has 1 N–H and O–H groups in total. The smallest absolute Gasteiger partial charge is 0.0990 e. The Bertz CT molecular complexity index is 138. The fourth-order valence-electron chi connectivity index (χ4n) is 1.47. The highest BCUT2D eigenvalue weighted by molar-refractivity contribution is 5.07. The normalized spacial score (nSPS) is 21.8. The molecule has 10 heavy (non-hydrogen) atoms. The average Bonchev–Trinajstić information content (AvgIpc) is 1.77. The van der Waals surface area contributed by atoms with Gasteiger partial charge in [0.15, 0.2) is 0 Å². The van der Waals surface area contributed by atoms with Crippen molar-refractivity contribution in [3.8, 4) is 0 Å². The van der Waals surface area contributed by atoms with Crippen molar-refractivity contribution in [3.63, 3.8) is 0 Å². The number of aliphatic hydroxyl groups excluding tert-OH is 1. The van der Waals surface area contributed by atoms with E-state index in [9.17, 15) is 4.39 Å². The van der Waals surface area contributed by atoms with Gasteiger partial charge in [0.2, 0.25) is 0 Å². The van der Waals surface area contributed by atoms with Gasteiger partial charge in [-0.3, -0.25) is 0 Å². The zero-order chi connectivity index (χ0) is 7.61. The Morgan fingerprint density at radius 2 is 2.20 bits per heavy atom. The van der Waals surface area contributed by atoms with Crippen LogP contribution >= 0.6 is 0 Å². The zero-order valence-corrected chi connectivity index (χ0v) is 6.07. The Balaban J connectivity index is 2.50. The van der Waals surface area contributed by atoms with Crippen LogP contribution in [0, 0.1) is 5.41 Å². The van der Waals surface area contributed by atoms with Crippen LogP contribution in [0.15, 0.2) is 12.4 Å². The summed E-state index contributed by atoms with van der Waals surface area (Å²) >= 11 is 0. The van der Waals surface area contributed by atoms with Crippen LogP contribution in [-0.4, -0.2) is 11.7 Å². The van der Waals surface area contributed by atoms with Gasteiger partial charge in [0.1, 0.15) is 0 Å². The molecule has 0 spiro atoms. The standard InChI is InChI=1S/C8H13FO/c1-7(9)8(5-6-10)3-2-4-8/h10H,1-6H2. The number of rotatable bonds is 3. The summed E-state index contributed by atoms with van der Waals surface area (Å²) < 4.78 is 12.7. The van der Waals surface area contributed by atoms with Gasteiger partial charge in [-0.1, -0.05) is 13.0 Å². The van der Waals surface area contributed by atoms with Gasteiger partial charge in [-0.05, 0) is 19.3 Å². The van der Waals surface area contributed by atoms with Crippen LogP contribution in [0.1, 0.15) is 25.7 Å². The van der Waals surface area contributed by atoms with E-state index in [0.717, 1.165) is 19.3 Å². The fraction of sp³-hybridized carbons (Fsp3) is 0.750. The van der Waals surface area contributed by atoms with Gasteiger partial charge in [-0.25, -0.2) is 4.39 Å². The summed E-state index contributed by atoms with van der Waals surface area (Å²) in [6.07, 6.45) is 3.34. The highest BCUT2D eigenvalue weighted by atomic mass is 19.1. The van der Waals surface area contributed by atoms with Gasteiger partial charge in [-0.15, -0.1) is 0 Å². The summed E-state index contributed by atoms with van der Waals surface area (Å²) in [5, 5.41) is 8.61. The maximum absolute atomic E-state index is 12.7. The molecule has 1 aliphatic rings. The molecule has 0 amide bonds. The van der Waals surface area contributed by atoms with Gasteiger partial charge in [0.25, 0.3) is 0 Å².